The molecule has 0 unspecified atom stereocenters. The lowest BCUT2D eigenvalue weighted by Crippen LogP contribution is -2.01. The minimum atomic E-state index is 0.411. The molecule has 0 saturated carbocycles. The third-order valence-electron chi connectivity index (χ3n) is 3.79. The second-order valence-electron chi connectivity index (χ2n) is 5.50. The molecule has 3 aromatic heterocycles. The van der Waals surface area contributed by atoms with Crippen molar-refractivity contribution in [1.29, 1.82) is 0 Å². The number of hydrogen-bond donors (Lipinski definition) is 1. The highest BCUT2D eigenvalue weighted by Gasteiger charge is 2.17. The predicted molar refractivity (Wildman–Crippen MR) is 106 cm³/mol. The van der Waals surface area contributed by atoms with Crippen LogP contribution in [-0.2, 0) is 6.54 Å². The van der Waals surface area contributed by atoms with Gasteiger partial charge in [-0.25, -0.2) is 19.9 Å². The van der Waals surface area contributed by atoms with E-state index in [1.54, 1.807) is 23.1 Å². The smallest absolute Gasteiger partial charge is 0.177 e. The maximum absolute atomic E-state index is 5.99. The lowest BCUT2D eigenvalue weighted by Gasteiger charge is -2.05. The molecule has 0 aliphatic rings. The topological polar surface area (TPSA) is 82.5 Å². The molecule has 0 aliphatic heterocycles. The first-order valence-electron chi connectivity index (χ1n) is 7.87. The summed E-state index contributed by atoms with van der Waals surface area (Å²) in [6, 6.07) is 6.04. The lowest BCUT2D eigenvalue weighted by atomic mass is 10.3. The van der Waals surface area contributed by atoms with Crippen LogP contribution in [0.5, 0.6) is 0 Å². The van der Waals surface area contributed by atoms with Crippen LogP contribution < -0.4 is 5.73 Å². The molecule has 4 rings (SSSR count). The predicted octanol–water partition coefficient (Wildman–Crippen LogP) is 4.73. The summed E-state index contributed by atoms with van der Waals surface area (Å²) in [6.45, 7) is 3.01. The average molecular weight is 435 g/mol. The van der Waals surface area contributed by atoms with Crippen molar-refractivity contribution in [2.45, 2.75) is 35.8 Å². The number of thiazole rings is 1. The van der Waals surface area contributed by atoms with Gasteiger partial charge in [0, 0.05) is 11.0 Å². The highest BCUT2D eigenvalue weighted by Crippen LogP contribution is 2.38. The van der Waals surface area contributed by atoms with Crippen LogP contribution in [-0.4, -0.2) is 24.5 Å². The largest absolute Gasteiger partial charge is 0.382 e. The fourth-order valence-corrected chi connectivity index (χ4v) is 5.21. The van der Waals surface area contributed by atoms with Gasteiger partial charge in [0.2, 0.25) is 0 Å². The summed E-state index contributed by atoms with van der Waals surface area (Å²) in [7, 11) is 0. The summed E-state index contributed by atoms with van der Waals surface area (Å²) >= 11 is 6.79. The molecule has 0 spiro atoms. The molecule has 0 atom stereocenters. The van der Waals surface area contributed by atoms with Crippen molar-refractivity contribution in [2.75, 3.05) is 5.73 Å². The number of unbranched alkanes of at least 4 members (excludes halogenated alkanes) is 1. The second kappa shape index (κ2) is 6.89. The van der Waals surface area contributed by atoms with Gasteiger partial charge in [0.05, 0.1) is 10.2 Å². The maximum atomic E-state index is 5.99. The molecular weight excluding hydrogens is 420 g/mol. The van der Waals surface area contributed by atoms with Crippen molar-refractivity contribution in [3.8, 4) is 0 Å². The van der Waals surface area contributed by atoms with E-state index in [1.165, 1.54) is 6.33 Å². The zero-order chi connectivity index (χ0) is 17.4. The van der Waals surface area contributed by atoms with Gasteiger partial charge in [-0.15, -0.1) is 11.3 Å². The quantitative estimate of drug-likeness (QED) is 0.488. The van der Waals surface area contributed by atoms with E-state index in [0.717, 1.165) is 49.2 Å². The highest BCUT2D eigenvalue weighted by molar-refractivity contribution is 9.10. The van der Waals surface area contributed by atoms with Gasteiger partial charge in [0.1, 0.15) is 6.33 Å². The molecule has 0 radical (unpaired) electrons. The SMILES string of the molecule is CCCCn1c(Sc2nc3cccc(Br)c3s2)nc2c(N)ncnc21. The molecule has 0 aliphatic carbocycles. The molecule has 0 bridgehead atoms. The number of nitrogens with zero attached hydrogens (tertiary/aromatic N) is 5. The van der Waals surface area contributed by atoms with Gasteiger partial charge in [0.15, 0.2) is 26.5 Å². The van der Waals surface area contributed by atoms with E-state index in [9.17, 15) is 0 Å². The highest BCUT2D eigenvalue weighted by atomic mass is 79.9. The van der Waals surface area contributed by atoms with Gasteiger partial charge in [-0.05, 0) is 46.2 Å². The molecule has 128 valence electrons. The Kier molecular flexibility index (Phi) is 4.61. The van der Waals surface area contributed by atoms with Gasteiger partial charge in [-0.1, -0.05) is 19.4 Å². The number of nitrogen functional groups attached to an aromatic ring is 1. The van der Waals surface area contributed by atoms with Gasteiger partial charge >= 0.3 is 0 Å². The number of imidazole rings is 1. The molecule has 4 aromatic rings. The van der Waals surface area contributed by atoms with Crippen molar-refractivity contribution in [3.05, 3.63) is 29.0 Å². The van der Waals surface area contributed by atoms with E-state index in [1.807, 2.05) is 18.2 Å². The number of halogens is 1. The third-order valence-corrected chi connectivity index (χ3v) is 6.87. The normalized spacial score (nSPS) is 11.6. The molecular formula is C16H15BrN6S2. The summed E-state index contributed by atoms with van der Waals surface area (Å²) in [5.41, 5.74) is 8.41. The molecule has 6 nitrogen and oxygen atoms in total. The molecule has 0 saturated heterocycles. The first kappa shape index (κ1) is 16.7. The van der Waals surface area contributed by atoms with Gasteiger partial charge < -0.3 is 10.3 Å². The zero-order valence-corrected chi connectivity index (χ0v) is 16.7. The van der Waals surface area contributed by atoms with Crippen molar-refractivity contribution in [1.82, 2.24) is 24.5 Å². The van der Waals surface area contributed by atoms with Crippen LogP contribution in [0.15, 0.2) is 38.5 Å². The first-order valence-corrected chi connectivity index (χ1v) is 10.3. The maximum Gasteiger partial charge on any atom is 0.177 e. The van der Waals surface area contributed by atoms with Gasteiger partial charge in [-0.3, -0.25) is 0 Å². The van der Waals surface area contributed by atoms with E-state index in [2.05, 4.69) is 42.4 Å². The van der Waals surface area contributed by atoms with Crippen molar-refractivity contribution < 1.29 is 0 Å². The Labute approximate surface area is 161 Å². The minimum absolute atomic E-state index is 0.411. The number of nitrogens with two attached hydrogens (primary N) is 1. The van der Waals surface area contributed by atoms with Gasteiger partial charge in [0.25, 0.3) is 0 Å². The van der Waals surface area contributed by atoms with Crippen LogP contribution in [0.1, 0.15) is 19.8 Å². The number of aryl methyl sites for hydroxylation is 1. The summed E-state index contributed by atoms with van der Waals surface area (Å²) in [6.07, 6.45) is 3.64. The third kappa shape index (κ3) is 3.11. The molecule has 1 aromatic carbocycles. The number of benzene rings is 1. The summed E-state index contributed by atoms with van der Waals surface area (Å²) in [4.78, 5) is 17.8. The monoisotopic (exact) mass is 434 g/mol. The Bertz CT molecular complexity index is 1060. The Balaban J connectivity index is 1.79. The molecule has 2 N–H and O–H groups in total. The molecule has 9 heteroatoms. The van der Waals surface area contributed by atoms with Crippen molar-refractivity contribution >= 4 is 66.2 Å². The van der Waals surface area contributed by atoms with Gasteiger partial charge in [-0.2, -0.15) is 0 Å². The van der Waals surface area contributed by atoms with Crippen LogP contribution >= 0.6 is 39.0 Å². The fraction of sp³-hybridized carbons (Fsp3) is 0.250. The standard InChI is InChI=1S/C16H15BrN6S2/c1-2-3-7-23-14-11(13(18)19-8-20-14)22-15(23)25-16-21-10-6-4-5-9(17)12(10)24-16/h4-6,8H,2-3,7H2,1H3,(H2,18,19,20). The average Bonchev–Trinajstić information content (AvgIpc) is 3.16. The second-order valence-corrected chi connectivity index (χ2v) is 8.57. The summed E-state index contributed by atoms with van der Waals surface area (Å²) in [5.74, 6) is 0.411. The fourth-order valence-electron chi connectivity index (χ4n) is 2.55. The van der Waals surface area contributed by atoms with E-state index in [-0.39, 0.29) is 0 Å². The summed E-state index contributed by atoms with van der Waals surface area (Å²) in [5, 5.41) is 0.853. The van der Waals surface area contributed by atoms with Crippen LogP contribution in [0.4, 0.5) is 5.82 Å². The van der Waals surface area contributed by atoms with Crippen LogP contribution in [0.2, 0.25) is 0 Å². The van der Waals surface area contributed by atoms with Crippen LogP contribution in [0.25, 0.3) is 21.4 Å². The Hall–Kier alpha value is -1.71. The Morgan fingerprint density at radius 2 is 2.16 bits per heavy atom. The lowest BCUT2D eigenvalue weighted by molar-refractivity contribution is 0.598. The van der Waals surface area contributed by atoms with Crippen molar-refractivity contribution in [3.63, 3.8) is 0 Å². The Morgan fingerprint density at radius 1 is 1.28 bits per heavy atom. The van der Waals surface area contributed by atoms with Crippen LogP contribution in [0, 0.1) is 0 Å². The zero-order valence-electron chi connectivity index (χ0n) is 13.4. The number of rotatable bonds is 5. The van der Waals surface area contributed by atoms with Crippen LogP contribution in [0.3, 0.4) is 0 Å². The first-order chi connectivity index (χ1) is 12.2. The minimum Gasteiger partial charge on any atom is -0.382 e. The number of anilines is 1. The summed E-state index contributed by atoms with van der Waals surface area (Å²) < 4.78 is 5.26. The van der Waals surface area contributed by atoms with E-state index < -0.39 is 0 Å². The molecule has 3 heterocycles. The Morgan fingerprint density at radius 3 is 2.96 bits per heavy atom. The number of hydrogen-bond acceptors (Lipinski definition) is 7. The molecule has 25 heavy (non-hydrogen) atoms. The molecule has 0 fully saturated rings. The number of fused-ring (bicyclic) bond motifs is 2. The van der Waals surface area contributed by atoms with E-state index >= 15 is 0 Å². The number of aromatic nitrogens is 5. The van der Waals surface area contributed by atoms with E-state index in [0.29, 0.717) is 11.3 Å². The molecule has 0 amide bonds. The van der Waals surface area contributed by atoms with Crippen molar-refractivity contribution in [2.24, 2.45) is 0 Å². The van der Waals surface area contributed by atoms with E-state index in [4.69, 9.17) is 10.7 Å².